The van der Waals surface area contributed by atoms with Crippen molar-refractivity contribution in [1.29, 1.82) is 0 Å². The SMILES string of the molecule is C[C@@]1(Cl)CS[C@@H]2[C@H](NC(=O)COc3ccccc3)C(=O)N2[C@H]1C(=O)OCC(Cl)(Cl)Cl. The third-order valence-electron chi connectivity index (χ3n) is 4.50. The maximum atomic E-state index is 12.7. The summed E-state index contributed by atoms with van der Waals surface area (Å²) in [6, 6.07) is 6.96. The van der Waals surface area contributed by atoms with Crippen LogP contribution in [0.2, 0.25) is 0 Å². The molecule has 2 fully saturated rings. The fraction of sp³-hybridized carbons (Fsp3) is 0.500. The monoisotopic (exact) mass is 514 g/mol. The molecule has 0 aliphatic carbocycles. The molecule has 4 atom stereocenters. The number of amides is 2. The number of nitrogens with zero attached hydrogens (tertiary/aromatic N) is 1. The number of thioether (sulfide) groups is 1. The van der Waals surface area contributed by atoms with Gasteiger partial charge in [0, 0.05) is 5.75 Å². The highest BCUT2D eigenvalue weighted by Gasteiger charge is 2.61. The number of halogens is 4. The van der Waals surface area contributed by atoms with Gasteiger partial charge in [0.05, 0.1) is 4.87 Å². The molecule has 12 heteroatoms. The number of esters is 1. The summed E-state index contributed by atoms with van der Waals surface area (Å²) in [4.78, 5) is 37.8. The number of para-hydroxylation sites is 1. The summed E-state index contributed by atoms with van der Waals surface area (Å²) in [5, 5.41) is 2.18. The van der Waals surface area contributed by atoms with E-state index in [9.17, 15) is 14.4 Å². The first-order valence-electron chi connectivity index (χ1n) is 8.83. The summed E-state index contributed by atoms with van der Waals surface area (Å²) in [6.45, 7) is 0.913. The number of alkyl halides is 4. The molecule has 0 saturated carbocycles. The first-order valence-corrected chi connectivity index (χ1v) is 11.4. The van der Waals surface area contributed by atoms with E-state index in [1.165, 1.54) is 16.7 Å². The van der Waals surface area contributed by atoms with Gasteiger partial charge in [-0.05, 0) is 19.1 Å². The normalized spacial score (nSPS) is 28.2. The fourth-order valence-electron chi connectivity index (χ4n) is 3.16. The number of ether oxygens (including phenoxy) is 2. The Balaban J connectivity index is 1.61. The number of carbonyl (C=O) groups is 3. The molecule has 2 aliphatic rings. The second-order valence-electron chi connectivity index (χ2n) is 7.00. The average Bonchev–Trinajstić information content (AvgIpc) is 2.68. The van der Waals surface area contributed by atoms with Crippen LogP contribution in [0.1, 0.15) is 6.92 Å². The van der Waals surface area contributed by atoms with Gasteiger partial charge in [0.2, 0.25) is 9.70 Å². The van der Waals surface area contributed by atoms with Gasteiger partial charge in [0.15, 0.2) is 12.6 Å². The van der Waals surface area contributed by atoms with Crippen molar-refractivity contribution in [2.75, 3.05) is 19.0 Å². The van der Waals surface area contributed by atoms with Gasteiger partial charge in [0.25, 0.3) is 5.91 Å². The van der Waals surface area contributed by atoms with Crippen molar-refractivity contribution in [1.82, 2.24) is 10.2 Å². The Hall–Kier alpha value is -1.06. The highest BCUT2D eigenvalue weighted by molar-refractivity contribution is 8.00. The van der Waals surface area contributed by atoms with E-state index in [1.807, 2.05) is 6.07 Å². The van der Waals surface area contributed by atoms with Crippen LogP contribution in [0.15, 0.2) is 30.3 Å². The molecule has 2 aliphatic heterocycles. The molecule has 2 amide bonds. The van der Waals surface area contributed by atoms with E-state index in [-0.39, 0.29) is 6.61 Å². The van der Waals surface area contributed by atoms with E-state index < -0.39 is 50.5 Å². The summed E-state index contributed by atoms with van der Waals surface area (Å²) < 4.78 is 8.66. The first kappa shape index (κ1) is 23.6. The van der Waals surface area contributed by atoms with Gasteiger partial charge in [-0.25, -0.2) is 4.79 Å². The lowest BCUT2D eigenvalue weighted by Crippen LogP contribution is -2.78. The van der Waals surface area contributed by atoms with Crippen LogP contribution in [0, 0.1) is 0 Å². The molecule has 1 aromatic rings. The van der Waals surface area contributed by atoms with Gasteiger partial charge in [-0.15, -0.1) is 23.4 Å². The van der Waals surface area contributed by atoms with E-state index in [1.54, 1.807) is 31.2 Å². The third kappa shape index (κ3) is 5.40. The highest BCUT2D eigenvalue weighted by Crippen LogP contribution is 2.45. The molecular weight excluding hydrogens is 498 g/mol. The van der Waals surface area contributed by atoms with Crippen molar-refractivity contribution in [3.05, 3.63) is 30.3 Å². The molecule has 3 rings (SSSR count). The second-order valence-corrected chi connectivity index (χ2v) is 11.5. The lowest BCUT2D eigenvalue weighted by molar-refractivity contribution is -0.167. The van der Waals surface area contributed by atoms with Gasteiger partial charge < -0.3 is 19.7 Å². The minimum absolute atomic E-state index is 0.243. The van der Waals surface area contributed by atoms with Crippen molar-refractivity contribution < 1.29 is 23.9 Å². The third-order valence-corrected chi connectivity index (χ3v) is 6.93. The van der Waals surface area contributed by atoms with Crippen LogP contribution in [0.3, 0.4) is 0 Å². The Morgan fingerprint density at radius 3 is 2.60 bits per heavy atom. The van der Waals surface area contributed by atoms with Crippen molar-refractivity contribution in [2.24, 2.45) is 0 Å². The smallest absolute Gasteiger partial charge is 0.330 e. The number of hydrogen-bond donors (Lipinski definition) is 1. The lowest BCUT2D eigenvalue weighted by atomic mass is 9.94. The Morgan fingerprint density at radius 2 is 1.97 bits per heavy atom. The molecule has 0 bridgehead atoms. The molecule has 0 aromatic heterocycles. The molecule has 0 radical (unpaired) electrons. The zero-order valence-corrected chi connectivity index (χ0v) is 19.5. The van der Waals surface area contributed by atoms with Gasteiger partial charge in [-0.3, -0.25) is 9.59 Å². The maximum Gasteiger partial charge on any atom is 0.330 e. The molecule has 0 unspecified atom stereocenters. The lowest BCUT2D eigenvalue weighted by Gasteiger charge is -2.56. The molecule has 164 valence electrons. The average molecular weight is 516 g/mol. The van der Waals surface area contributed by atoms with Gasteiger partial charge >= 0.3 is 5.97 Å². The van der Waals surface area contributed by atoms with Crippen LogP contribution in [0.4, 0.5) is 0 Å². The van der Waals surface area contributed by atoms with Gasteiger partial charge in [-0.1, -0.05) is 53.0 Å². The summed E-state index contributed by atoms with van der Waals surface area (Å²) in [7, 11) is 0. The number of fused-ring (bicyclic) bond motifs is 1. The fourth-order valence-corrected chi connectivity index (χ4v) is 5.12. The number of rotatable bonds is 6. The molecular formula is C18H18Cl4N2O5S. The molecule has 1 N–H and O–H groups in total. The van der Waals surface area contributed by atoms with Crippen LogP contribution in [0.5, 0.6) is 5.75 Å². The topological polar surface area (TPSA) is 84.9 Å². The molecule has 30 heavy (non-hydrogen) atoms. The summed E-state index contributed by atoms with van der Waals surface area (Å²) in [5.74, 6) is -0.774. The van der Waals surface area contributed by atoms with E-state index in [0.717, 1.165) is 0 Å². The minimum Gasteiger partial charge on any atom is -0.484 e. The van der Waals surface area contributed by atoms with Crippen molar-refractivity contribution in [3.63, 3.8) is 0 Å². The minimum atomic E-state index is -1.78. The van der Waals surface area contributed by atoms with Crippen LogP contribution in [-0.2, 0) is 19.1 Å². The second kappa shape index (κ2) is 9.20. The quantitative estimate of drug-likeness (QED) is 0.356. The van der Waals surface area contributed by atoms with E-state index in [0.29, 0.717) is 11.5 Å². The largest absolute Gasteiger partial charge is 0.484 e. The zero-order chi connectivity index (χ0) is 22.1. The van der Waals surface area contributed by atoms with Crippen LogP contribution >= 0.6 is 58.2 Å². The number of benzene rings is 1. The number of hydrogen-bond acceptors (Lipinski definition) is 6. The van der Waals surface area contributed by atoms with Crippen LogP contribution in [0.25, 0.3) is 0 Å². The maximum absolute atomic E-state index is 12.7. The number of carbonyl (C=O) groups excluding carboxylic acids is 3. The molecule has 7 nitrogen and oxygen atoms in total. The number of nitrogens with one attached hydrogen (secondary N) is 1. The zero-order valence-electron chi connectivity index (χ0n) is 15.6. The summed E-state index contributed by atoms with van der Waals surface area (Å²) in [5.41, 5.74) is 0. The predicted molar refractivity (Wildman–Crippen MR) is 116 cm³/mol. The molecule has 1 aromatic carbocycles. The Labute approximate surface area is 197 Å². The standard InChI is InChI=1S/C18H18Cl4N2O5S/c1-17(19)9-30-15-12(23-11(25)7-28-10-5-3-2-4-6-10)14(26)24(15)13(17)16(27)29-8-18(20,21)22/h2-6,12-13,15H,7-9H2,1H3,(H,23,25)/t12-,13+,15-,17-/m1/s1. The van der Waals surface area contributed by atoms with E-state index >= 15 is 0 Å². The van der Waals surface area contributed by atoms with Crippen LogP contribution in [-0.4, -0.2) is 67.8 Å². The van der Waals surface area contributed by atoms with Crippen molar-refractivity contribution in [3.8, 4) is 5.75 Å². The summed E-state index contributed by atoms with van der Waals surface area (Å²) >= 11 is 24.7. The van der Waals surface area contributed by atoms with Gasteiger partial charge in [0.1, 0.15) is 23.8 Å². The Kier molecular flexibility index (Phi) is 7.24. The van der Waals surface area contributed by atoms with Gasteiger partial charge in [-0.2, -0.15) is 0 Å². The summed E-state index contributed by atoms with van der Waals surface area (Å²) in [6.07, 6.45) is 0. The Morgan fingerprint density at radius 1 is 1.30 bits per heavy atom. The van der Waals surface area contributed by atoms with E-state index in [4.69, 9.17) is 55.9 Å². The van der Waals surface area contributed by atoms with Crippen LogP contribution < -0.4 is 10.1 Å². The molecule has 0 spiro atoms. The highest BCUT2D eigenvalue weighted by atomic mass is 35.6. The predicted octanol–water partition coefficient (Wildman–Crippen LogP) is 2.74. The molecule has 2 heterocycles. The van der Waals surface area contributed by atoms with E-state index in [2.05, 4.69) is 5.32 Å². The Bertz CT molecular complexity index is 821. The van der Waals surface area contributed by atoms with Crippen molar-refractivity contribution >= 4 is 75.9 Å². The first-order chi connectivity index (χ1) is 14.0. The van der Waals surface area contributed by atoms with Crippen molar-refractivity contribution in [2.45, 2.75) is 33.0 Å². The number of β-lactam (4-membered cyclic amide) rings is 1. The molecule has 2 saturated heterocycles.